The largest absolute Gasteiger partial charge is 0.416 e. The number of carbonyl (C=O) groups is 1. The molecule has 0 bridgehead atoms. The molecule has 2 rings (SSSR count). The molecule has 0 atom stereocenters. The Labute approximate surface area is 91.6 Å². The second kappa shape index (κ2) is 3.23. The van der Waals surface area contributed by atoms with Gasteiger partial charge in [-0.1, -0.05) is 0 Å². The smallest absolute Gasteiger partial charge is 0.325 e. The zero-order valence-electron chi connectivity index (χ0n) is 7.28. The van der Waals surface area contributed by atoms with E-state index in [1.807, 2.05) is 0 Å². The van der Waals surface area contributed by atoms with Crippen molar-refractivity contribution in [3.63, 3.8) is 0 Å². The Kier molecular flexibility index (Phi) is 2.26. The first-order valence-corrected chi connectivity index (χ1v) is 4.86. The van der Waals surface area contributed by atoms with Crippen molar-refractivity contribution < 1.29 is 18.0 Å². The molecule has 0 fully saturated rings. The van der Waals surface area contributed by atoms with Crippen LogP contribution in [0.3, 0.4) is 0 Å². The number of carbonyl (C=O) groups excluding carboxylic acids is 1. The second-order valence-corrected chi connectivity index (χ2v) is 4.07. The molecule has 1 heterocycles. The van der Waals surface area contributed by atoms with Crippen molar-refractivity contribution in [1.82, 2.24) is 0 Å². The zero-order valence-corrected chi connectivity index (χ0v) is 8.87. The van der Waals surface area contributed by atoms with E-state index in [1.165, 1.54) is 0 Å². The Morgan fingerprint density at radius 3 is 2.60 bits per heavy atom. The van der Waals surface area contributed by atoms with Crippen LogP contribution in [0, 0.1) is 0 Å². The van der Waals surface area contributed by atoms with Crippen LogP contribution in [0.1, 0.15) is 11.1 Å². The van der Waals surface area contributed by atoms with E-state index in [9.17, 15) is 18.0 Å². The number of fused-ring (bicyclic) bond motifs is 1. The lowest BCUT2D eigenvalue weighted by atomic mass is 10.1. The average Bonchev–Trinajstić information content (AvgIpc) is 2.44. The Hall–Kier alpha value is -1.04. The van der Waals surface area contributed by atoms with Crippen LogP contribution in [0.15, 0.2) is 16.6 Å². The highest BCUT2D eigenvalue weighted by Gasteiger charge is 2.33. The van der Waals surface area contributed by atoms with Gasteiger partial charge >= 0.3 is 6.18 Å². The van der Waals surface area contributed by atoms with E-state index in [0.717, 1.165) is 12.1 Å². The molecule has 1 aliphatic heterocycles. The molecule has 1 aliphatic rings. The van der Waals surface area contributed by atoms with Gasteiger partial charge in [0, 0.05) is 4.47 Å². The molecule has 0 saturated heterocycles. The fourth-order valence-corrected chi connectivity index (χ4v) is 2.06. The number of alkyl halides is 3. The predicted octanol–water partition coefficient (Wildman–Crippen LogP) is 2.96. The van der Waals surface area contributed by atoms with Gasteiger partial charge in [-0.2, -0.15) is 13.2 Å². The van der Waals surface area contributed by atoms with Crippen LogP contribution < -0.4 is 5.32 Å². The van der Waals surface area contributed by atoms with Crippen LogP contribution in [-0.2, 0) is 17.4 Å². The van der Waals surface area contributed by atoms with Crippen LogP contribution in [0.2, 0.25) is 0 Å². The van der Waals surface area contributed by atoms with Crippen LogP contribution in [0.4, 0.5) is 18.9 Å². The maximum Gasteiger partial charge on any atom is 0.416 e. The lowest BCUT2D eigenvalue weighted by molar-refractivity contribution is -0.137. The van der Waals surface area contributed by atoms with E-state index in [0.29, 0.717) is 11.3 Å². The monoisotopic (exact) mass is 279 g/mol. The van der Waals surface area contributed by atoms with Gasteiger partial charge in [-0.15, -0.1) is 0 Å². The molecule has 0 unspecified atom stereocenters. The summed E-state index contributed by atoms with van der Waals surface area (Å²) in [7, 11) is 0. The first-order chi connectivity index (χ1) is 6.88. The van der Waals surface area contributed by atoms with Gasteiger partial charge in [-0.05, 0) is 33.6 Å². The topological polar surface area (TPSA) is 29.1 Å². The van der Waals surface area contributed by atoms with E-state index in [2.05, 4.69) is 21.2 Å². The first kappa shape index (κ1) is 10.5. The van der Waals surface area contributed by atoms with E-state index in [-0.39, 0.29) is 16.8 Å². The van der Waals surface area contributed by atoms with Gasteiger partial charge in [0.05, 0.1) is 17.7 Å². The highest BCUT2D eigenvalue weighted by molar-refractivity contribution is 9.10. The summed E-state index contributed by atoms with van der Waals surface area (Å²) in [5.74, 6) is -0.287. The third-order valence-electron chi connectivity index (χ3n) is 2.11. The van der Waals surface area contributed by atoms with Gasteiger partial charge in [0.1, 0.15) is 0 Å². The van der Waals surface area contributed by atoms with E-state index >= 15 is 0 Å². The molecule has 1 amide bonds. The van der Waals surface area contributed by atoms with Gasteiger partial charge in [0.15, 0.2) is 0 Å². The molecular weight excluding hydrogens is 275 g/mol. The van der Waals surface area contributed by atoms with Crippen molar-refractivity contribution in [1.29, 1.82) is 0 Å². The Balaban J connectivity index is 2.54. The van der Waals surface area contributed by atoms with Crippen molar-refractivity contribution in [2.75, 3.05) is 5.32 Å². The minimum atomic E-state index is -4.39. The molecule has 0 spiro atoms. The zero-order chi connectivity index (χ0) is 11.2. The highest BCUT2D eigenvalue weighted by Crippen LogP contribution is 2.38. The molecule has 15 heavy (non-hydrogen) atoms. The number of anilines is 1. The number of hydrogen-bond acceptors (Lipinski definition) is 1. The molecular formula is C9H5BrF3NO. The molecule has 0 radical (unpaired) electrons. The summed E-state index contributed by atoms with van der Waals surface area (Å²) in [5.41, 5.74) is 0.0688. The van der Waals surface area contributed by atoms with Crippen molar-refractivity contribution in [2.45, 2.75) is 12.6 Å². The van der Waals surface area contributed by atoms with Crippen molar-refractivity contribution in [2.24, 2.45) is 0 Å². The summed E-state index contributed by atoms with van der Waals surface area (Å²) in [6, 6.07) is 1.96. The molecule has 6 heteroatoms. The van der Waals surface area contributed by atoms with E-state index in [4.69, 9.17) is 0 Å². The third-order valence-corrected chi connectivity index (χ3v) is 2.74. The van der Waals surface area contributed by atoms with Gasteiger partial charge in [0.2, 0.25) is 5.91 Å². The fourth-order valence-electron chi connectivity index (χ4n) is 1.46. The Morgan fingerprint density at radius 1 is 1.33 bits per heavy atom. The number of benzene rings is 1. The number of halogens is 4. The Bertz CT molecular complexity index is 442. The molecule has 1 aromatic rings. The molecule has 1 N–H and O–H groups in total. The van der Waals surface area contributed by atoms with Gasteiger partial charge in [-0.25, -0.2) is 0 Å². The van der Waals surface area contributed by atoms with Gasteiger partial charge in [-0.3, -0.25) is 4.79 Å². The van der Waals surface area contributed by atoms with Crippen LogP contribution in [-0.4, -0.2) is 5.91 Å². The summed E-state index contributed by atoms with van der Waals surface area (Å²) < 4.78 is 37.5. The fraction of sp³-hybridized carbons (Fsp3) is 0.222. The van der Waals surface area contributed by atoms with Crippen LogP contribution in [0.5, 0.6) is 0 Å². The second-order valence-electron chi connectivity index (χ2n) is 3.21. The lowest BCUT2D eigenvalue weighted by Gasteiger charge is -2.09. The Morgan fingerprint density at radius 2 is 2.00 bits per heavy atom. The SMILES string of the molecule is O=C1Cc2cc(C(F)(F)F)cc(Br)c2N1. The van der Waals surface area contributed by atoms with Crippen LogP contribution in [0.25, 0.3) is 0 Å². The maximum atomic E-state index is 12.4. The normalized spacial score (nSPS) is 15.1. The standard InChI is InChI=1S/C9H5BrF3NO/c10-6-3-5(9(11,12)13)1-4-2-7(15)14-8(4)6/h1,3H,2H2,(H,14,15). The molecule has 1 aromatic carbocycles. The maximum absolute atomic E-state index is 12.4. The summed E-state index contributed by atoms with van der Waals surface area (Å²) in [6.45, 7) is 0. The third kappa shape index (κ3) is 1.86. The van der Waals surface area contributed by atoms with Crippen molar-refractivity contribution >= 4 is 27.5 Å². The molecule has 0 aromatic heterocycles. The van der Waals surface area contributed by atoms with Crippen molar-refractivity contribution in [3.05, 3.63) is 27.7 Å². The lowest BCUT2D eigenvalue weighted by Crippen LogP contribution is -2.05. The van der Waals surface area contributed by atoms with Crippen LogP contribution >= 0.6 is 15.9 Å². The molecule has 0 aliphatic carbocycles. The minimum Gasteiger partial charge on any atom is -0.325 e. The minimum absolute atomic E-state index is 0.00213. The number of rotatable bonds is 0. The van der Waals surface area contributed by atoms with Gasteiger partial charge in [0.25, 0.3) is 0 Å². The quantitative estimate of drug-likeness (QED) is 0.777. The number of nitrogens with one attached hydrogen (secondary N) is 1. The molecule has 0 saturated carbocycles. The average molecular weight is 280 g/mol. The summed E-state index contributed by atoms with van der Waals surface area (Å²) in [5, 5.41) is 2.49. The van der Waals surface area contributed by atoms with Gasteiger partial charge < -0.3 is 5.32 Å². The number of hydrogen-bond donors (Lipinski definition) is 1. The van der Waals surface area contributed by atoms with E-state index in [1.54, 1.807) is 0 Å². The predicted molar refractivity (Wildman–Crippen MR) is 51.5 cm³/mol. The molecule has 80 valence electrons. The molecule has 2 nitrogen and oxygen atoms in total. The van der Waals surface area contributed by atoms with Crippen molar-refractivity contribution in [3.8, 4) is 0 Å². The first-order valence-electron chi connectivity index (χ1n) is 4.07. The summed E-state index contributed by atoms with van der Waals surface area (Å²) >= 11 is 3.00. The van der Waals surface area contributed by atoms with E-state index < -0.39 is 11.7 Å². The highest BCUT2D eigenvalue weighted by atomic mass is 79.9. The summed E-state index contributed by atoms with van der Waals surface area (Å²) in [6.07, 6.45) is -4.39. The number of amides is 1. The summed E-state index contributed by atoms with van der Waals surface area (Å²) in [4.78, 5) is 11.0.